The summed E-state index contributed by atoms with van der Waals surface area (Å²) in [7, 11) is 0. The number of carbonyl (C=O) groups is 1. The molecule has 0 saturated carbocycles. The van der Waals surface area contributed by atoms with Gasteiger partial charge in [0.1, 0.15) is 6.10 Å². The first-order valence-corrected chi connectivity index (χ1v) is 8.36. The first-order valence-electron chi connectivity index (χ1n) is 8.36. The zero-order valence-corrected chi connectivity index (χ0v) is 15.5. The number of carbonyl (C=O) groups excluding carboxylic acids is 1. The third-order valence-electron chi connectivity index (χ3n) is 3.34. The van der Waals surface area contributed by atoms with Gasteiger partial charge in [-0.3, -0.25) is 0 Å². The maximum Gasteiger partial charge on any atom is 0.410 e. The van der Waals surface area contributed by atoms with Gasteiger partial charge in [0.15, 0.2) is 0 Å². The lowest BCUT2D eigenvalue weighted by Crippen LogP contribution is -2.24. The monoisotopic (exact) mass is 329 g/mol. The molecule has 1 amide bonds. The second kappa shape index (κ2) is 13.2. The Morgan fingerprint density at radius 3 is 1.96 bits per heavy atom. The Hall–Kier alpha value is -2.29. The molecule has 1 aliphatic rings. The normalized spacial score (nSPS) is 15.8. The smallest absolute Gasteiger partial charge is 0.410 e. The molecule has 1 unspecified atom stereocenters. The van der Waals surface area contributed by atoms with Gasteiger partial charge < -0.3 is 9.64 Å². The molecule has 0 spiro atoms. The summed E-state index contributed by atoms with van der Waals surface area (Å²) in [6.45, 7) is 16.1. The molecule has 0 aliphatic carbocycles. The number of nitrogens with zero attached hydrogens (tertiary/aromatic N) is 1. The molecule has 0 N–H and O–H groups in total. The van der Waals surface area contributed by atoms with Crippen LogP contribution in [-0.2, 0) is 17.7 Å². The zero-order chi connectivity index (χ0) is 18.4. The third kappa shape index (κ3) is 8.99. The molecule has 1 heterocycles. The van der Waals surface area contributed by atoms with E-state index in [9.17, 15) is 4.79 Å². The van der Waals surface area contributed by atoms with Crippen molar-refractivity contribution in [1.82, 2.24) is 4.90 Å². The number of amides is 1. The predicted molar refractivity (Wildman–Crippen MR) is 103 cm³/mol. The van der Waals surface area contributed by atoms with Gasteiger partial charge in [-0.15, -0.1) is 0 Å². The molecule has 1 aromatic carbocycles. The molecule has 1 fully saturated rings. The van der Waals surface area contributed by atoms with Crippen molar-refractivity contribution < 1.29 is 9.53 Å². The van der Waals surface area contributed by atoms with Gasteiger partial charge >= 0.3 is 6.09 Å². The quantitative estimate of drug-likeness (QED) is 0.537. The maximum absolute atomic E-state index is 11.4. The van der Waals surface area contributed by atoms with E-state index in [2.05, 4.69) is 44.3 Å². The Kier molecular flexibility index (Phi) is 11.9. The largest absolute Gasteiger partial charge is 0.444 e. The molecule has 1 aliphatic heterocycles. The fourth-order valence-corrected chi connectivity index (χ4v) is 1.90. The fraction of sp³-hybridized carbons (Fsp3) is 0.381. The van der Waals surface area contributed by atoms with Crippen LogP contribution in [0.5, 0.6) is 0 Å². The second-order valence-electron chi connectivity index (χ2n) is 5.38. The van der Waals surface area contributed by atoms with Crippen LogP contribution in [0.15, 0.2) is 61.7 Å². The van der Waals surface area contributed by atoms with Crippen molar-refractivity contribution in [2.45, 2.75) is 46.8 Å². The van der Waals surface area contributed by atoms with Gasteiger partial charge in [0.25, 0.3) is 0 Å². The molecular weight excluding hydrogens is 298 g/mol. The van der Waals surface area contributed by atoms with Crippen molar-refractivity contribution >= 4 is 6.09 Å². The Balaban J connectivity index is 0.000000558. The Morgan fingerprint density at radius 1 is 1.12 bits per heavy atom. The number of aryl methyl sites for hydroxylation is 1. The zero-order valence-electron chi connectivity index (χ0n) is 15.5. The van der Waals surface area contributed by atoms with E-state index in [-0.39, 0.29) is 12.2 Å². The predicted octanol–water partition coefficient (Wildman–Crippen LogP) is 5.53. The highest BCUT2D eigenvalue weighted by molar-refractivity contribution is 5.69. The summed E-state index contributed by atoms with van der Waals surface area (Å²) < 4.78 is 5.08. The number of hydrogen-bond acceptors (Lipinski definition) is 2. The van der Waals surface area contributed by atoms with Crippen LogP contribution in [-0.4, -0.2) is 23.6 Å². The van der Waals surface area contributed by atoms with Crippen LogP contribution in [0.3, 0.4) is 0 Å². The highest BCUT2D eigenvalue weighted by atomic mass is 16.6. The summed E-state index contributed by atoms with van der Waals surface area (Å²) in [5.74, 6) is 0. The Bertz CT molecular complexity index is 507. The molecule has 0 radical (unpaired) electrons. The Labute approximate surface area is 147 Å². The van der Waals surface area contributed by atoms with E-state index in [1.165, 1.54) is 5.56 Å². The number of hydrogen-bond donors (Lipinski definition) is 0. The van der Waals surface area contributed by atoms with E-state index < -0.39 is 0 Å². The molecular formula is C21H31NO2. The molecule has 132 valence electrons. The van der Waals surface area contributed by atoms with Gasteiger partial charge in [0.05, 0.1) is 6.54 Å². The average molecular weight is 329 g/mol. The van der Waals surface area contributed by atoms with Gasteiger partial charge in [0.2, 0.25) is 0 Å². The van der Waals surface area contributed by atoms with Crippen LogP contribution in [0.2, 0.25) is 0 Å². The van der Waals surface area contributed by atoms with Crippen molar-refractivity contribution in [3.63, 3.8) is 0 Å². The summed E-state index contributed by atoms with van der Waals surface area (Å²) in [6, 6.07) is 8.38. The molecule has 1 saturated heterocycles. The molecule has 3 nitrogen and oxygen atoms in total. The van der Waals surface area contributed by atoms with Gasteiger partial charge in [-0.25, -0.2) is 4.79 Å². The van der Waals surface area contributed by atoms with Crippen molar-refractivity contribution in [3.8, 4) is 0 Å². The maximum atomic E-state index is 11.4. The number of cyclic esters (lactones) is 1. The summed E-state index contributed by atoms with van der Waals surface area (Å²) in [5.41, 5.74) is 2.48. The first-order chi connectivity index (χ1) is 11.5. The lowest BCUT2D eigenvalue weighted by atomic mass is 10.1. The molecule has 1 atom stereocenters. The summed E-state index contributed by atoms with van der Waals surface area (Å²) >= 11 is 0. The summed E-state index contributed by atoms with van der Waals surface area (Å²) in [5, 5.41) is 0. The van der Waals surface area contributed by atoms with E-state index >= 15 is 0 Å². The number of ether oxygens (including phenoxy) is 1. The van der Waals surface area contributed by atoms with E-state index in [1.54, 1.807) is 17.1 Å². The molecule has 0 aromatic heterocycles. The van der Waals surface area contributed by atoms with Crippen molar-refractivity contribution in [2.24, 2.45) is 0 Å². The number of rotatable bonds is 4. The highest BCUT2D eigenvalue weighted by Gasteiger charge is 2.27. The van der Waals surface area contributed by atoms with E-state index in [0.29, 0.717) is 13.1 Å². The van der Waals surface area contributed by atoms with E-state index in [4.69, 9.17) is 4.74 Å². The van der Waals surface area contributed by atoms with Gasteiger partial charge in [-0.05, 0) is 38.3 Å². The van der Waals surface area contributed by atoms with Crippen molar-refractivity contribution in [1.29, 1.82) is 0 Å². The van der Waals surface area contributed by atoms with Crippen LogP contribution in [0.1, 0.15) is 38.8 Å². The SMILES string of the molecule is C/C=C\C.C=CC=C.CCc1ccc(CN2CC(C)OC2=O)cc1. The molecule has 24 heavy (non-hydrogen) atoms. The topological polar surface area (TPSA) is 29.5 Å². The Morgan fingerprint density at radius 2 is 1.62 bits per heavy atom. The van der Waals surface area contributed by atoms with Gasteiger partial charge in [0, 0.05) is 6.54 Å². The summed E-state index contributed by atoms with van der Waals surface area (Å²) in [4.78, 5) is 13.2. The number of allylic oxidation sites excluding steroid dienone is 4. The minimum Gasteiger partial charge on any atom is -0.444 e. The van der Waals surface area contributed by atoms with Crippen LogP contribution in [0.4, 0.5) is 4.79 Å². The van der Waals surface area contributed by atoms with Gasteiger partial charge in [-0.1, -0.05) is 68.7 Å². The van der Waals surface area contributed by atoms with Crippen LogP contribution in [0.25, 0.3) is 0 Å². The van der Waals surface area contributed by atoms with Crippen LogP contribution >= 0.6 is 0 Å². The molecule has 0 bridgehead atoms. The molecule has 1 aromatic rings. The number of benzene rings is 1. The summed E-state index contributed by atoms with van der Waals surface area (Å²) in [6.07, 6.45) is 8.14. The molecule has 2 rings (SSSR count). The molecule has 3 heteroatoms. The van der Waals surface area contributed by atoms with E-state index in [1.807, 2.05) is 32.9 Å². The standard InChI is InChI=1S/C13H17NO2.C4H8.C4H6/c1-3-11-4-6-12(7-5-11)9-14-8-10(2)16-13(14)15;2*1-3-4-2/h4-7,10H,3,8-9H2,1-2H3;3-4H,1-2H3;3-4H,1-2H2/b;4-3-;. The minimum absolute atomic E-state index is 0.0161. The minimum atomic E-state index is -0.202. The third-order valence-corrected chi connectivity index (χ3v) is 3.34. The second-order valence-corrected chi connectivity index (χ2v) is 5.38. The van der Waals surface area contributed by atoms with Crippen LogP contribution in [0, 0.1) is 0 Å². The lowest BCUT2D eigenvalue weighted by Gasteiger charge is -2.12. The van der Waals surface area contributed by atoms with Crippen molar-refractivity contribution in [3.05, 3.63) is 72.9 Å². The lowest BCUT2D eigenvalue weighted by molar-refractivity contribution is 0.137. The van der Waals surface area contributed by atoms with Gasteiger partial charge in [-0.2, -0.15) is 0 Å². The average Bonchev–Trinajstić information content (AvgIpc) is 2.93. The highest BCUT2D eigenvalue weighted by Crippen LogP contribution is 2.15. The van der Waals surface area contributed by atoms with Crippen molar-refractivity contribution in [2.75, 3.05) is 6.54 Å². The first kappa shape index (κ1) is 21.7. The van der Waals surface area contributed by atoms with Crippen LogP contribution < -0.4 is 0 Å². The van der Waals surface area contributed by atoms with E-state index in [0.717, 1.165) is 12.0 Å². The fourth-order valence-electron chi connectivity index (χ4n) is 1.90.